The number of hydrogen-bond donors (Lipinski definition) is 1. The smallest absolute Gasteiger partial charge is 0.262 e. The molecule has 1 aliphatic heterocycles. The number of amides is 1. The summed E-state index contributed by atoms with van der Waals surface area (Å²) in [4.78, 5) is 31.3. The molecule has 2 aromatic heterocycles. The summed E-state index contributed by atoms with van der Waals surface area (Å²) >= 11 is 1.30. The topological polar surface area (TPSA) is 73.2 Å². The number of carbonyl (C=O) groups is 1. The minimum atomic E-state index is -0.179. The second kappa shape index (κ2) is 7.15. The maximum atomic E-state index is 12.7. The summed E-state index contributed by atoms with van der Waals surface area (Å²) in [6.45, 7) is 5.48. The molecule has 27 heavy (non-hydrogen) atoms. The Morgan fingerprint density at radius 2 is 2.26 bits per heavy atom. The molecule has 1 N–H and O–H groups in total. The molecule has 3 heterocycles. The normalized spacial score (nSPS) is 13.0. The molecule has 0 bridgehead atoms. The lowest BCUT2D eigenvalue weighted by Gasteiger charge is -2.07. The van der Waals surface area contributed by atoms with E-state index >= 15 is 0 Å². The van der Waals surface area contributed by atoms with Gasteiger partial charge in [0.25, 0.3) is 11.5 Å². The molecule has 6 nitrogen and oxygen atoms in total. The number of carbonyl (C=O) groups excluding carboxylic acids is 1. The fourth-order valence-electron chi connectivity index (χ4n) is 3.47. The molecule has 3 aromatic rings. The highest BCUT2D eigenvalue weighted by molar-refractivity contribution is 7.20. The van der Waals surface area contributed by atoms with Crippen molar-refractivity contribution in [1.29, 1.82) is 0 Å². The van der Waals surface area contributed by atoms with Gasteiger partial charge >= 0.3 is 0 Å². The van der Waals surface area contributed by atoms with Crippen LogP contribution in [0.2, 0.25) is 0 Å². The Bertz CT molecular complexity index is 1080. The molecule has 0 radical (unpaired) electrons. The first-order valence-corrected chi connectivity index (χ1v) is 9.93. The maximum absolute atomic E-state index is 12.7. The second-order valence-corrected chi connectivity index (χ2v) is 7.59. The predicted octanol–water partition coefficient (Wildman–Crippen LogP) is 3.04. The summed E-state index contributed by atoms with van der Waals surface area (Å²) in [6, 6.07) is 7.66. The van der Waals surface area contributed by atoms with Crippen molar-refractivity contribution in [1.82, 2.24) is 14.9 Å². The van der Waals surface area contributed by atoms with E-state index in [-0.39, 0.29) is 11.5 Å². The molecule has 1 aliphatic rings. The first-order chi connectivity index (χ1) is 13.1. The molecule has 0 atom stereocenters. The summed E-state index contributed by atoms with van der Waals surface area (Å²) in [5, 5.41) is 3.52. The van der Waals surface area contributed by atoms with Crippen molar-refractivity contribution >= 4 is 27.5 Å². The van der Waals surface area contributed by atoms with Crippen LogP contribution in [0.25, 0.3) is 10.2 Å². The minimum Gasteiger partial charge on any atom is -0.494 e. The Balaban J connectivity index is 1.58. The van der Waals surface area contributed by atoms with Crippen molar-refractivity contribution in [3.05, 3.63) is 56.4 Å². The van der Waals surface area contributed by atoms with Crippen LogP contribution in [0.1, 0.15) is 40.0 Å². The van der Waals surface area contributed by atoms with Crippen LogP contribution in [-0.4, -0.2) is 22.1 Å². The molecule has 4 rings (SSSR count). The zero-order chi connectivity index (χ0) is 19.0. The van der Waals surface area contributed by atoms with E-state index in [1.807, 2.05) is 38.1 Å². The van der Waals surface area contributed by atoms with Gasteiger partial charge in [-0.05, 0) is 43.5 Å². The van der Waals surface area contributed by atoms with Gasteiger partial charge in [-0.1, -0.05) is 12.1 Å². The van der Waals surface area contributed by atoms with Gasteiger partial charge in [0.05, 0.1) is 16.9 Å². The third-order valence-electron chi connectivity index (χ3n) is 4.78. The van der Waals surface area contributed by atoms with Gasteiger partial charge in [-0.2, -0.15) is 0 Å². The van der Waals surface area contributed by atoms with E-state index in [1.54, 1.807) is 4.57 Å². The molecule has 7 heteroatoms. The Kier molecular flexibility index (Phi) is 4.70. The first kappa shape index (κ1) is 17.7. The average Bonchev–Trinajstić information content (AvgIpc) is 3.26. The molecule has 0 spiro atoms. The zero-order valence-electron chi connectivity index (χ0n) is 15.4. The minimum absolute atomic E-state index is 0.0234. The van der Waals surface area contributed by atoms with Gasteiger partial charge < -0.3 is 10.1 Å². The quantitative estimate of drug-likeness (QED) is 0.735. The highest BCUT2D eigenvalue weighted by Gasteiger charge is 2.23. The van der Waals surface area contributed by atoms with Gasteiger partial charge in [0, 0.05) is 19.5 Å². The molecular formula is C20H21N3O3S. The van der Waals surface area contributed by atoms with Crippen molar-refractivity contribution in [3.8, 4) is 5.75 Å². The van der Waals surface area contributed by atoms with E-state index in [0.29, 0.717) is 34.8 Å². The van der Waals surface area contributed by atoms with E-state index in [2.05, 4.69) is 10.3 Å². The van der Waals surface area contributed by atoms with Gasteiger partial charge in [0.2, 0.25) is 0 Å². The van der Waals surface area contributed by atoms with Crippen molar-refractivity contribution in [2.24, 2.45) is 0 Å². The van der Waals surface area contributed by atoms with Gasteiger partial charge in [-0.15, -0.1) is 11.3 Å². The molecular weight excluding hydrogens is 362 g/mol. The van der Waals surface area contributed by atoms with Crippen LogP contribution < -0.4 is 15.6 Å². The largest absolute Gasteiger partial charge is 0.494 e. The van der Waals surface area contributed by atoms with Crippen LogP contribution in [0.15, 0.2) is 29.1 Å². The molecule has 0 saturated carbocycles. The van der Waals surface area contributed by atoms with Crippen LogP contribution in [0, 0.1) is 6.92 Å². The van der Waals surface area contributed by atoms with Crippen LogP contribution in [0.5, 0.6) is 5.75 Å². The van der Waals surface area contributed by atoms with Crippen LogP contribution in [0.4, 0.5) is 0 Å². The SMILES string of the molecule is CCOc1cccc(CNC(=O)c2sc3nc4n(c(=O)c3c2C)CCC4)c1. The summed E-state index contributed by atoms with van der Waals surface area (Å²) < 4.78 is 7.23. The lowest BCUT2D eigenvalue weighted by molar-refractivity contribution is 0.0954. The number of thiophene rings is 1. The van der Waals surface area contributed by atoms with Crippen molar-refractivity contribution in [3.63, 3.8) is 0 Å². The lowest BCUT2D eigenvalue weighted by atomic mass is 10.2. The van der Waals surface area contributed by atoms with Crippen LogP contribution >= 0.6 is 11.3 Å². The van der Waals surface area contributed by atoms with Gasteiger partial charge in [0.1, 0.15) is 16.4 Å². The zero-order valence-corrected chi connectivity index (χ0v) is 16.2. The third-order valence-corrected chi connectivity index (χ3v) is 5.96. The molecule has 1 aromatic carbocycles. The fourth-order valence-corrected chi connectivity index (χ4v) is 4.57. The first-order valence-electron chi connectivity index (χ1n) is 9.11. The van der Waals surface area contributed by atoms with Gasteiger partial charge in [-0.25, -0.2) is 4.98 Å². The number of fused-ring (bicyclic) bond motifs is 2. The van der Waals surface area contributed by atoms with E-state index in [4.69, 9.17) is 4.74 Å². The third kappa shape index (κ3) is 3.23. The summed E-state index contributed by atoms with van der Waals surface area (Å²) in [7, 11) is 0. The Morgan fingerprint density at radius 1 is 1.41 bits per heavy atom. The van der Waals surface area contributed by atoms with E-state index in [0.717, 1.165) is 35.5 Å². The van der Waals surface area contributed by atoms with E-state index in [9.17, 15) is 9.59 Å². The molecule has 0 saturated heterocycles. The number of aromatic nitrogens is 2. The van der Waals surface area contributed by atoms with Gasteiger partial charge in [-0.3, -0.25) is 14.2 Å². The van der Waals surface area contributed by atoms with E-state index < -0.39 is 0 Å². The summed E-state index contributed by atoms with van der Waals surface area (Å²) in [5.74, 6) is 1.43. The lowest BCUT2D eigenvalue weighted by Crippen LogP contribution is -2.23. The summed E-state index contributed by atoms with van der Waals surface area (Å²) in [6.07, 6.45) is 1.77. The maximum Gasteiger partial charge on any atom is 0.262 e. The Labute approximate surface area is 160 Å². The highest BCUT2D eigenvalue weighted by atomic mass is 32.1. The standard InChI is InChI=1S/C20H21N3O3S/c1-3-26-14-7-4-6-13(10-14)11-21-18(24)17-12(2)16-19(27-17)22-15-8-5-9-23(15)20(16)25/h4,6-7,10H,3,5,8-9,11H2,1-2H3,(H,21,24). The molecule has 0 fully saturated rings. The number of aryl methyl sites for hydroxylation is 2. The fraction of sp³-hybridized carbons (Fsp3) is 0.350. The molecule has 140 valence electrons. The molecule has 0 aliphatic carbocycles. The number of hydrogen-bond acceptors (Lipinski definition) is 5. The number of ether oxygens (including phenoxy) is 1. The predicted molar refractivity (Wildman–Crippen MR) is 106 cm³/mol. The molecule has 1 amide bonds. The van der Waals surface area contributed by atoms with Crippen molar-refractivity contribution < 1.29 is 9.53 Å². The van der Waals surface area contributed by atoms with Crippen molar-refractivity contribution in [2.45, 2.75) is 39.8 Å². The molecule has 0 unspecified atom stereocenters. The highest BCUT2D eigenvalue weighted by Crippen LogP contribution is 2.28. The van der Waals surface area contributed by atoms with E-state index in [1.165, 1.54) is 11.3 Å². The number of nitrogens with zero attached hydrogens (tertiary/aromatic N) is 2. The van der Waals surface area contributed by atoms with Crippen LogP contribution in [0.3, 0.4) is 0 Å². The number of nitrogens with one attached hydrogen (secondary N) is 1. The van der Waals surface area contributed by atoms with Crippen molar-refractivity contribution in [2.75, 3.05) is 6.61 Å². The summed E-state index contributed by atoms with van der Waals surface area (Å²) in [5.41, 5.74) is 1.66. The average molecular weight is 383 g/mol. The second-order valence-electron chi connectivity index (χ2n) is 6.59. The monoisotopic (exact) mass is 383 g/mol. The Morgan fingerprint density at radius 3 is 3.07 bits per heavy atom. The number of benzene rings is 1. The number of rotatable bonds is 5. The van der Waals surface area contributed by atoms with Crippen LogP contribution in [-0.2, 0) is 19.5 Å². The van der Waals surface area contributed by atoms with Gasteiger partial charge in [0.15, 0.2) is 0 Å². The Hall–Kier alpha value is -2.67.